The molecule has 0 radical (unpaired) electrons. The lowest BCUT2D eigenvalue weighted by Gasteiger charge is -2.35. The van der Waals surface area contributed by atoms with Crippen LogP contribution in [-0.4, -0.2) is 70.2 Å². The molecule has 0 aliphatic carbocycles. The zero-order chi connectivity index (χ0) is 22.0. The van der Waals surface area contributed by atoms with Gasteiger partial charge in [-0.3, -0.25) is 4.79 Å². The molecule has 1 aromatic rings. The Hall–Kier alpha value is -2.84. The predicted molar refractivity (Wildman–Crippen MR) is 105 cm³/mol. The summed E-state index contributed by atoms with van der Waals surface area (Å²) in [5.41, 5.74) is -1.72. The van der Waals surface area contributed by atoms with Gasteiger partial charge < -0.3 is 25.0 Å². The average Bonchev–Trinajstić information content (AvgIpc) is 2.59. The van der Waals surface area contributed by atoms with Gasteiger partial charge in [0.25, 0.3) is 5.91 Å². The molecule has 2 rings (SSSR count). The average molecular weight is 409 g/mol. The summed E-state index contributed by atoms with van der Waals surface area (Å²) in [4.78, 5) is 39.0. The number of amides is 2. The topological polar surface area (TPSA) is 99.2 Å². The largest absolute Gasteiger partial charge is 0.480 e. The third kappa shape index (κ3) is 5.82. The number of carbonyl (C=O) groups excluding carboxylic acids is 2. The van der Waals surface area contributed by atoms with Gasteiger partial charge in [0, 0.05) is 31.9 Å². The Balaban J connectivity index is 2.01. The maximum Gasteiger partial charge on any atom is 0.410 e. The van der Waals surface area contributed by atoms with Crippen LogP contribution in [-0.2, 0) is 9.53 Å². The summed E-state index contributed by atoms with van der Waals surface area (Å²) in [6.45, 7) is 9.39. The standard InChI is InChI=1S/C20H28FN3O5/c1-19(2,3)29-18(28)24-10-8-23(9-11-24)16(25)14-7-6-13(12-15(14)21)22-20(4,5)17(26)27/h6-7,12,22H,8-11H2,1-5H3,(H,26,27). The number of nitrogens with zero attached hydrogens (tertiary/aromatic N) is 2. The number of rotatable bonds is 4. The summed E-state index contributed by atoms with van der Waals surface area (Å²) in [5.74, 6) is -2.30. The highest BCUT2D eigenvalue weighted by atomic mass is 19.1. The second-order valence-corrected chi connectivity index (χ2v) is 8.51. The minimum absolute atomic E-state index is 0.102. The van der Waals surface area contributed by atoms with E-state index in [-0.39, 0.29) is 24.3 Å². The number of hydrogen-bond acceptors (Lipinski definition) is 5. The molecule has 2 amide bonds. The van der Waals surface area contributed by atoms with E-state index in [9.17, 15) is 18.8 Å². The molecule has 1 aromatic carbocycles. The van der Waals surface area contributed by atoms with Gasteiger partial charge in [0.15, 0.2) is 0 Å². The molecule has 0 atom stereocenters. The number of aliphatic carboxylic acids is 1. The van der Waals surface area contributed by atoms with E-state index >= 15 is 0 Å². The molecular formula is C20H28FN3O5. The molecule has 1 fully saturated rings. The number of benzene rings is 1. The lowest BCUT2D eigenvalue weighted by Crippen LogP contribution is -2.51. The minimum Gasteiger partial charge on any atom is -0.480 e. The van der Waals surface area contributed by atoms with Gasteiger partial charge in [0.1, 0.15) is 17.0 Å². The molecule has 1 saturated heterocycles. The summed E-state index contributed by atoms with van der Waals surface area (Å²) in [7, 11) is 0. The molecule has 1 aliphatic heterocycles. The van der Waals surface area contributed by atoms with E-state index in [1.807, 2.05) is 0 Å². The Morgan fingerprint density at radius 3 is 2.07 bits per heavy atom. The van der Waals surface area contributed by atoms with Crippen LogP contribution in [0.25, 0.3) is 0 Å². The number of anilines is 1. The summed E-state index contributed by atoms with van der Waals surface area (Å²) < 4.78 is 19.8. The highest BCUT2D eigenvalue weighted by molar-refractivity contribution is 5.95. The highest BCUT2D eigenvalue weighted by Crippen LogP contribution is 2.21. The molecule has 0 spiro atoms. The number of piperazine rings is 1. The van der Waals surface area contributed by atoms with Crippen LogP contribution in [0.2, 0.25) is 0 Å². The molecule has 0 unspecified atom stereocenters. The van der Waals surface area contributed by atoms with E-state index < -0.39 is 34.9 Å². The fourth-order valence-corrected chi connectivity index (χ4v) is 2.77. The molecule has 0 saturated carbocycles. The first kappa shape index (κ1) is 22.4. The van der Waals surface area contributed by atoms with Crippen molar-refractivity contribution < 1.29 is 28.6 Å². The third-order valence-corrected chi connectivity index (χ3v) is 4.41. The minimum atomic E-state index is -1.28. The lowest BCUT2D eigenvalue weighted by molar-refractivity contribution is -0.141. The summed E-state index contributed by atoms with van der Waals surface area (Å²) in [6, 6.07) is 3.91. The molecule has 29 heavy (non-hydrogen) atoms. The van der Waals surface area contributed by atoms with Gasteiger partial charge in [-0.1, -0.05) is 0 Å². The first-order chi connectivity index (χ1) is 13.3. The Labute approximate surface area is 169 Å². The van der Waals surface area contributed by atoms with E-state index in [2.05, 4.69) is 5.32 Å². The van der Waals surface area contributed by atoms with E-state index in [1.165, 1.54) is 35.8 Å². The first-order valence-electron chi connectivity index (χ1n) is 9.38. The van der Waals surface area contributed by atoms with Gasteiger partial charge in [-0.15, -0.1) is 0 Å². The van der Waals surface area contributed by atoms with Crippen molar-refractivity contribution in [3.8, 4) is 0 Å². The van der Waals surface area contributed by atoms with Gasteiger partial charge in [0.2, 0.25) is 0 Å². The van der Waals surface area contributed by atoms with Crippen LogP contribution in [0.1, 0.15) is 45.0 Å². The van der Waals surface area contributed by atoms with Gasteiger partial charge in [-0.25, -0.2) is 14.0 Å². The maximum absolute atomic E-state index is 14.5. The Kier molecular flexibility index (Phi) is 6.40. The molecule has 0 bridgehead atoms. The molecule has 9 heteroatoms. The van der Waals surface area contributed by atoms with Crippen LogP contribution in [0, 0.1) is 5.82 Å². The molecule has 8 nitrogen and oxygen atoms in total. The van der Waals surface area contributed by atoms with Gasteiger partial charge in [0.05, 0.1) is 5.56 Å². The van der Waals surface area contributed by atoms with E-state index in [0.29, 0.717) is 13.1 Å². The summed E-state index contributed by atoms with van der Waals surface area (Å²) in [5, 5.41) is 11.9. The molecular weight excluding hydrogens is 381 g/mol. The monoisotopic (exact) mass is 409 g/mol. The van der Waals surface area contributed by atoms with Crippen molar-refractivity contribution in [2.75, 3.05) is 31.5 Å². The second-order valence-electron chi connectivity index (χ2n) is 8.51. The Bertz CT molecular complexity index is 796. The van der Waals surface area contributed by atoms with Crippen molar-refractivity contribution >= 4 is 23.7 Å². The number of ether oxygens (including phenoxy) is 1. The van der Waals surface area contributed by atoms with Crippen molar-refractivity contribution in [2.45, 2.75) is 45.8 Å². The fraction of sp³-hybridized carbons (Fsp3) is 0.550. The van der Waals surface area contributed by atoms with Crippen molar-refractivity contribution in [1.29, 1.82) is 0 Å². The zero-order valence-corrected chi connectivity index (χ0v) is 17.4. The van der Waals surface area contributed by atoms with E-state index in [1.54, 1.807) is 20.8 Å². The van der Waals surface area contributed by atoms with Gasteiger partial charge in [-0.05, 0) is 52.8 Å². The number of carboxylic acid groups (broad SMARTS) is 1. The lowest BCUT2D eigenvalue weighted by atomic mass is 10.0. The third-order valence-electron chi connectivity index (χ3n) is 4.41. The number of carboxylic acids is 1. The highest BCUT2D eigenvalue weighted by Gasteiger charge is 2.30. The molecule has 1 heterocycles. The van der Waals surface area contributed by atoms with Crippen LogP contribution in [0.4, 0.5) is 14.9 Å². The first-order valence-corrected chi connectivity index (χ1v) is 9.38. The van der Waals surface area contributed by atoms with Crippen molar-refractivity contribution in [3.63, 3.8) is 0 Å². The molecule has 160 valence electrons. The van der Waals surface area contributed by atoms with Crippen LogP contribution in [0.5, 0.6) is 0 Å². The quantitative estimate of drug-likeness (QED) is 0.793. The number of hydrogen-bond donors (Lipinski definition) is 2. The van der Waals surface area contributed by atoms with Crippen molar-refractivity contribution in [2.24, 2.45) is 0 Å². The predicted octanol–water partition coefficient (Wildman–Crippen LogP) is 2.79. The Morgan fingerprint density at radius 1 is 1.03 bits per heavy atom. The fourth-order valence-electron chi connectivity index (χ4n) is 2.77. The van der Waals surface area contributed by atoms with Gasteiger partial charge in [-0.2, -0.15) is 0 Å². The SMILES string of the molecule is CC(C)(C)OC(=O)N1CCN(C(=O)c2ccc(NC(C)(C)C(=O)O)cc2F)CC1. The molecule has 2 N–H and O–H groups in total. The maximum atomic E-state index is 14.5. The van der Waals surface area contributed by atoms with Crippen molar-refractivity contribution in [1.82, 2.24) is 9.80 Å². The second kappa shape index (κ2) is 8.26. The van der Waals surface area contributed by atoms with Gasteiger partial charge >= 0.3 is 12.1 Å². The zero-order valence-electron chi connectivity index (χ0n) is 17.4. The normalized spacial score (nSPS) is 15.1. The smallest absolute Gasteiger partial charge is 0.410 e. The van der Waals surface area contributed by atoms with Crippen LogP contribution in [0.3, 0.4) is 0 Å². The van der Waals surface area contributed by atoms with Crippen molar-refractivity contribution in [3.05, 3.63) is 29.6 Å². The number of carbonyl (C=O) groups is 3. The summed E-state index contributed by atoms with van der Waals surface area (Å²) >= 11 is 0. The van der Waals surface area contributed by atoms with Crippen LogP contribution >= 0.6 is 0 Å². The van der Waals surface area contributed by atoms with Crippen LogP contribution < -0.4 is 5.32 Å². The van der Waals surface area contributed by atoms with E-state index in [4.69, 9.17) is 9.84 Å². The Morgan fingerprint density at radius 2 is 1.59 bits per heavy atom. The molecule has 1 aliphatic rings. The van der Waals surface area contributed by atoms with E-state index in [0.717, 1.165) is 6.07 Å². The summed E-state index contributed by atoms with van der Waals surface area (Å²) in [6.07, 6.45) is -0.438. The number of halogens is 1. The van der Waals surface area contributed by atoms with Crippen LogP contribution in [0.15, 0.2) is 18.2 Å². The molecule has 0 aromatic heterocycles. The number of nitrogens with one attached hydrogen (secondary N) is 1.